The van der Waals surface area contributed by atoms with Crippen molar-refractivity contribution in [1.29, 1.82) is 0 Å². The zero-order chi connectivity index (χ0) is 14.5. The van der Waals surface area contributed by atoms with Gasteiger partial charge in [-0.1, -0.05) is 60.5 Å². The molecule has 0 radical (unpaired) electrons. The van der Waals surface area contributed by atoms with Crippen LogP contribution >= 0.6 is 23.2 Å². The van der Waals surface area contributed by atoms with Gasteiger partial charge < -0.3 is 5.32 Å². The summed E-state index contributed by atoms with van der Waals surface area (Å²) >= 11 is 11.8. The fourth-order valence-corrected chi connectivity index (χ4v) is 2.41. The predicted octanol–water partition coefficient (Wildman–Crippen LogP) is 4.53. The smallest absolute Gasteiger partial charge is 0.252 e. The number of carbonyl (C=O) groups excluding carboxylic acids is 1. The maximum absolute atomic E-state index is 12.1. The van der Waals surface area contributed by atoms with Crippen molar-refractivity contribution >= 4 is 29.1 Å². The zero-order valence-electron chi connectivity index (χ0n) is 11.1. The molecule has 104 valence electrons. The summed E-state index contributed by atoms with van der Waals surface area (Å²) in [4.78, 5) is 12.1. The first-order valence-corrected chi connectivity index (χ1v) is 7.11. The van der Waals surface area contributed by atoms with Crippen LogP contribution in [0.1, 0.15) is 28.8 Å². The maximum Gasteiger partial charge on any atom is 0.252 e. The number of amides is 1. The maximum atomic E-state index is 12.1. The number of benzene rings is 2. The summed E-state index contributed by atoms with van der Waals surface area (Å²) in [6.07, 6.45) is 0. The second-order valence-corrected chi connectivity index (χ2v) is 5.49. The van der Waals surface area contributed by atoms with Gasteiger partial charge in [0.2, 0.25) is 0 Å². The van der Waals surface area contributed by atoms with Gasteiger partial charge in [-0.2, -0.15) is 0 Å². The van der Waals surface area contributed by atoms with E-state index in [9.17, 15) is 4.79 Å². The van der Waals surface area contributed by atoms with Crippen LogP contribution < -0.4 is 5.32 Å². The lowest BCUT2D eigenvalue weighted by Gasteiger charge is -2.13. The van der Waals surface area contributed by atoms with E-state index in [0.29, 0.717) is 22.2 Å². The first-order valence-electron chi connectivity index (χ1n) is 6.36. The monoisotopic (exact) mass is 307 g/mol. The number of rotatable bonds is 4. The largest absolute Gasteiger partial charge is 0.351 e. The Kier molecular flexibility index (Phi) is 5.05. The molecule has 2 nitrogen and oxygen atoms in total. The van der Waals surface area contributed by atoms with Crippen molar-refractivity contribution in [2.75, 3.05) is 6.54 Å². The lowest BCUT2D eigenvalue weighted by Crippen LogP contribution is -2.27. The van der Waals surface area contributed by atoms with Crippen LogP contribution in [-0.4, -0.2) is 12.5 Å². The molecule has 0 saturated carbocycles. The van der Waals surface area contributed by atoms with E-state index in [0.717, 1.165) is 0 Å². The van der Waals surface area contributed by atoms with E-state index in [1.165, 1.54) is 5.56 Å². The first kappa shape index (κ1) is 14.9. The third-order valence-electron chi connectivity index (χ3n) is 3.11. The minimum atomic E-state index is -0.186. The van der Waals surface area contributed by atoms with E-state index in [1.54, 1.807) is 18.2 Å². The number of hydrogen-bond acceptors (Lipinski definition) is 1. The highest BCUT2D eigenvalue weighted by Crippen LogP contribution is 2.21. The van der Waals surface area contributed by atoms with E-state index in [2.05, 4.69) is 12.2 Å². The van der Waals surface area contributed by atoms with Crippen LogP contribution in [0.15, 0.2) is 48.5 Å². The van der Waals surface area contributed by atoms with Crippen molar-refractivity contribution in [1.82, 2.24) is 5.32 Å². The second-order valence-electron chi connectivity index (χ2n) is 4.65. The lowest BCUT2D eigenvalue weighted by atomic mass is 10.0. The van der Waals surface area contributed by atoms with Gasteiger partial charge in [-0.15, -0.1) is 0 Å². The van der Waals surface area contributed by atoms with Crippen molar-refractivity contribution < 1.29 is 4.79 Å². The van der Waals surface area contributed by atoms with Gasteiger partial charge in [0.1, 0.15) is 0 Å². The van der Waals surface area contributed by atoms with Gasteiger partial charge in [0.25, 0.3) is 5.91 Å². The van der Waals surface area contributed by atoms with Crippen LogP contribution in [0.25, 0.3) is 0 Å². The van der Waals surface area contributed by atoms with E-state index in [4.69, 9.17) is 23.2 Å². The fraction of sp³-hybridized carbons (Fsp3) is 0.188. The summed E-state index contributed by atoms with van der Waals surface area (Å²) in [6.45, 7) is 2.63. The van der Waals surface area contributed by atoms with Crippen LogP contribution in [0.4, 0.5) is 0 Å². The molecule has 2 aromatic carbocycles. The van der Waals surface area contributed by atoms with Crippen LogP contribution in [0, 0.1) is 0 Å². The predicted molar refractivity (Wildman–Crippen MR) is 83.7 cm³/mol. The average molecular weight is 308 g/mol. The highest BCUT2D eigenvalue weighted by molar-refractivity contribution is 6.36. The third-order valence-corrected chi connectivity index (χ3v) is 3.66. The van der Waals surface area contributed by atoms with Gasteiger partial charge in [-0.3, -0.25) is 4.79 Å². The number of carbonyl (C=O) groups is 1. The summed E-state index contributed by atoms with van der Waals surface area (Å²) in [6, 6.07) is 14.9. The van der Waals surface area contributed by atoms with Crippen LogP contribution in [0.2, 0.25) is 10.0 Å². The molecule has 1 N–H and O–H groups in total. The average Bonchev–Trinajstić information content (AvgIpc) is 2.45. The van der Waals surface area contributed by atoms with Gasteiger partial charge in [0.15, 0.2) is 0 Å². The van der Waals surface area contributed by atoms with E-state index in [-0.39, 0.29) is 11.8 Å². The molecule has 0 bridgehead atoms. The molecular weight excluding hydrogens is 293 g/mol. The lowest BCUT2D eigenvalue weighted by molar-refractivity contribution is 0.0952. The molecule has 0 unspecified atom stereocenters. The third kappa shape index (κ3) is 3.75. The van der Waals surface area contributed by atoms with Crippen LogP contribution in [0.5, 0.6) is 0 Å². The Morgan fingerprint density at radius 1 is 1.15 bits per heavy atom. The second kappa shape index (κ2) is 6.78. The highest BCUT2D eigenvalue weighted by atomic mass is 35.5. The molecule has 2 rings (SSSR count). The molecule has 1 amide bonds. The topological polar surface area (TPSA) is 29.1 Å². The van der Waals surface area contributed by atoms with Gasteiger partial charge in [-0.05, 0) is 29.7 Å². The Morgan fingerprint density at radius 2 is 1.85 bits per heavy atom. The van der Waals surface area contributed by atoms with E-state index in [1.807, 2.05) is 30.3 Å². The summed E-state index contributed by atoms with van der Waals surface area (Å²) in [5.74, 6) is 0.0562. The minimum absolute atomic E-state index is 0.186. The molecular formula is C16H15Cl2NO. The van der Waals surface area contributed by atoms with Gasteiger partial charge in [-0.25, -0.2) is 0 Å². The molecule has 0 heterocycles. The molecule has 0 aliphatic heterocycles. The Bertz CT molecular complexity index is 599. The quantitative estimate of drug-likeness (QED) is 0.883. The Hall–Kier alpha value is -1.51. The molecule has 0 aromatic heterocycles. The van der Waals surface area contributed by atoms with Crippen LogP contribution in [-0.2, 0) is 0 Å². The van der Waals surface area contributed by atoms with Gasteiger partial charge in [0.05, 0.1) is 10.6 Å². The fourth-order valence-electron chi connectivity index (χ4n) is 1.91. The van der Waals surface area contributed by atoms with Gasteiger partial charge >= 0.3 is 0 Å². The van der Waals surface area contributed by atoms with Crippen molar-refractivity contribution in [3.05, 3.63) is 69.7 Å². The Labute approximate surface area is 128 Å². The van der Waals surface area contributed by atoms with E-state index >= 15 is 0 Å². The van der Waals surface area contributed by atoms with Crippen LogP contribution in [0.3, 0.4) is 0 Å². The SMILES string of the molecule is C[C@H](CNC(=O)c1ccc(Cl)cc1Cl)c1ccccc1. The molecule has 0 fully saturated rings. The van der Waals surface area contributed by atoms with Crippen molar-refractivity contribution in [3.63, 3.8) is 0 Å². The first-order chi connectivity index (χ1) is 9.58. The van der Waals surface area contributed by atoms with Crippen molar-refractivity contribution in [2.45, 2.75) is 12.8 Å². The molecule has 2 aromatic rings. The summed E-state index contributed by atoms with van der Waals surface area (Å²) in [5.41, 5.74) is 1.63. The summed E-state index contributed by atoms with van der Waals surface area (Å²) < 4.78 is 0. The highest BCUT2D eigenvalue weighted by Gasteiger charge is 2.12. The van der Waals surface area contributed by atoms with Gasteiger partial charge in [0, 0.05) is 11.6 Å². The Morgan fingerprint density at radius 3 is 2.50 bits per heavy atom. The zero-order valence-corrected chi connectivity index (χ0v) is 12.6. The normalized spacial score (nSPS) is 11.9. The summed E-state index contributed by atoms with van der Waals surface area (Å²) in [7, 11) is 0. The number of nitrogens with one attached hydrogen (secondary N) is 1. The van der Waals surface area contributed by atoms with E-state index < -0.39 is 0 Å². The molecule has 20 heavy (non-hydrogen) atoms. The molecule has 0 saturated heterocycles. The Balaban J connectivity index is 1.99. The molecule has 0 aliphatic rings. The summed E-state index contributed by atoms with van der Waals surface area (Å²) in [5, 5.41) is 3.77. The molecule has 0 aliphatic carbocycles. The number of hydrogen-bond donors (Lipinski definition) is 1. The molecule has 4 heteroatoms. The number of halogens is 2. The van der Waals surface area contributed by atoms with Crippen molar-refractivity contribution in [3.8, 4) is 0 Å². The standard InChI is InChI=1S/C16H15Cl2NO/c1-11(12-5-3-2-4-6-12)10-19-16(20)14-8-7-13(17)9-15(14)18/h2-9,11H,10H2,1H3,(H,19,20)/t11-/m1/s1. The molecule has 0 spiro atoms. The molecule has 1 atom stereocenters. The van der Waals surface area contributed by atoms with Crippen molar-refractivity contribution in [2.24, 2.45) is 0 Å². The minimum Gasteiger partial charge on any atom is -0.351 e.